The van der Waals surface area contributed by atoms with Gasteiger partial charge in [0, 0.05) is 16.8 Å². The monoisotopic (exact) mass is 432 g/mol. The maximum absolute atomic E-state index is 12.2. The summed E-state index contributed by atoms with van der Waals surface area (Å²) < 4.78 is 10.7. The first-order chi connectivity index (χ1) is 13.8. The fourth-order valence-electron chi connectivity index (χ4n) is 2.61. The number of ether oxygens (including phenoxy) is 2. The third kappa shape index (κ3) is 5.16. The summed E-state index contributed by atoms with van der Waals surface area (Å²) in [7, 11) is 0. The van der Waals surface area contributed by atoms with Crippen molar-refractivity contribution in [3.8, 4) is 5.75 Å². The molecule has 3 aromatic rings. The van der Waals surface area contributed by atoms with Gasteiger partial charge in [0.1, 0.15) is 5.52 Å². The number of pyridine rings is 1. The Labute approximate surface area is 177 Å². The molecule has 0 aliphatic carbocycles. The number of halogens is 2. The van der Waals surface area contributed by atoms with E-state index in [9.17, 15) is 9.59 Å². The van der Waals surface area contributed by atoms with Gasteiger partial charge in [0.2, 0.25) is 0 Å². The molecule has 0 fully saturated rings. The normalized spacial score (nSPS) is 11.7. The minimum absolute atomic E-state index is 0.225. The molecule has 0 saturated heterocycles. The highest BCUT2D eigenvalue weighted by Gasteiger charge is 2.20. The Hall–Kier alpha value is -2.83. The average Bonchev–Trinajstić information content (AvgIpc) is 2.68. The van der Waals surface area contributed by atoms with Crippen molar-refractivity contribution in [1.82, 2.24) is 4.98 Å². The molecule has 0 saturated carbocycles. The number of hydrogen-bond acceptors (Lipinski definition) is 5. The topological polar surface area (TPSA) is 77.5 Å². The molecule has 1 unspecified atom stereocenters. The number of hydrogen-bond donors (Lipinski definition) is 1. The zero-order chi connectivity index (χ0) is 21.0. The summed E-state index contributed by atoms with van der Waals surface area (Å²) >= 11 is 12.4. The molecular weight excluding hydrogens is 415 g/mol. The number of para-hydroxylation sites is 1. The quantitative estimate of drug-likeness (QED) is 0.566. The number of amides is 1. The van der Waals surface area contributed by atoms with Crippen LogP contribution in [0.1, 0.15) is 12.6 Å². The van der Waals surface area contributed by atoms with Gasteiger partial charge >= 0.3 is 5.97 Å². The Kier molecular flexibility index (Phi) is 6.56. The fraction of sp³-hybridized carbons (Fsp3) is 0.190. The average molecular weight is 433 g/mol. The van der Waals surface area contributed by atoms with Crippen molar-refractivity contribution < 1.29 is 19.1 Å². The van der Waals surface area contributed by atoms with Crippen molar-refractivity contribution in [1.29, 1.82) is 0 Å². The molecule has 0 bridgehead atoms. The van der Waals surface area contributed by atoms with Gasteiger partial charge in [-0.3, -0.25) is 4.79 Å². The summed E-state index contributed by atoms with van der Waals surface area (Å²) in [6.45, 7) is 2.86. The third-order valence-electron chi connectivity index (χ3n) is 4.03. The number of nitrogens with zero attached hydrogens (tertiary/aromatic N) is 1. The van der Waals surface area contributed by atoms with Gasteiger partial charge in [0.15, 0.2) is 18.5 Å². The number of benzene rings is 2. The molecule has 1 atom stereocenters. The van der Waals surface area contributed by atoms with Crippen molar-refractivity contribution in [3.05, 3.63) is 64.3 Å². The Bertz CT molecular complexity index is 1060. The fourth-order valence-corrected chi connectivity index (χ4v) is 3.18. The number of carbonyl (C=O) groups is 2. The molecule has 3 rings (SSSR count). The number of rotatable bonds is 6. The summed E-state index contributed by atoms with van der Waals surface area (Å²) in [4.78, 5) is 28.7. The Morgan fingerprint density at radius 2 is 1.83 bits per heavy atom. The highest BCUT2D eigenvalue weighted by Crippen LogP contribution is 2.37. The van der Waals surface area contributed by atoms with Crippen LogP contribution in [0.5, 0.6) is 5.75 Å². The van der Waals surface area contributed by atoms with Crippen LogP contribution >= 0.6 is 23.2 Å². The Balaban J connectivity index is 1.65. The molecule has 6 nitrogen and oxygen atoms in total. The van der Waals surface area contributed by atoms with Gasteiger partial charge in [-0.15, -0.1) is 0 Å². The van der Waals surface area contributed by atoms with E-state index in [1.807, 2.05) is 19.1 Å². The van der Waals surface area contributed by atoms with E-state index in [-0.39, 0.29) is 10.8 Å². The zero-order valence-electron chi connectivity index (χ0n) is 15.7. The van der Waals surface area contributed by atoms with Gasteiger partial charge in [-0.05, 0) is 44.2 Å². The molecule has 1 amide bonds. The van der Waals surface area contributed by atoms with E-state index in [1.165, 1.54) is 13.0 Å². The van der Waals surface area contributed by atoms with Crippen molar-refractivity contribution in [2.24, 2.45) is 0 Å². The van der Waals surface area contributed by atoms with Crippen molar-refractivity contribution in [3.63, 3.8) is 0 Å². The highest BCUT2D eigenvalue weighted by molar-refractivity contribution is 6.39. The largest absolute Gasteiger partial charge is 0.478 e. The number of carbonyl (C=O) groups excluding carboxylic acids is 2. The van der Waals surface area contributed by atoms with E-state index in [1.54, 1.807) is 30.3 Å². The molecule has 0 radical (unpaired) electrons. The van der Waals surface area contributed by atoms with Crippen molar-refractivity contribution in [2.75, 3.05) is 11.9 Å². The second-order valence-electron chi connectivity index (χ2n) is 6.29. The number of fused-ring (bicyclic) bond motifs is 1. The zero-order valence-corrected chi connectivity index (χ0v) is 17.3. The second-order valence-corrected chi connectivity index (χ2v) is 7.11. The standard InChI is InChI=1S/C21H18Cl2N2O4/c1-12-8-9-15-16(22)10-17(23)20(19(15)24-12)28-11-18(26)29-13(2)21(27)25-14-6-4-3-5-7-14/h3-10,13H,11H2,1-2H3,(H,25,27). The van der Waals surface area contributed by atoms with E-state index in [0.717, 1.165) is 5.69 Å². The Morgan fingerprint density at radius 1 is 1.10 bits per heavy atom. The van der Waals surface area contributed by atoms with Crippen LogP contribution in [0.15, 0.2) is 48.5 Å². The van der Waals surface area contributed by atoms with Crippen molar-refractivity contribution >= 4 is 51.7 Å². The minimum Gasteiger partial charge on any atom is -0.478 e. The first kappa shape index (κ1) is 20.9. The summed E-state index contributed by atoms with van der Waals surface area (Å²) in [5.41, 5.74) is 1.80. The third-order valence-corrected chi connectivity index (χ3v) is 4.62. The molecule has 0 spiro atoms. The van der Waals surface area contributed by atoms with Crippen LogP contribution in [-0.4, -0.2) is 29.6 Å². The van der Waals surface area contributed by atoms with Gasteiger partial charge in [0.25, 0.3) is 5.91 Å². The van der Waals surface area contributed by atoms with Gasteiger partial charge in [-0.1, -0.05) is 41.4 Å². The molecule has 1 heterocycles. The van der Waals surface area contributed by atoms with Crippen LogP contribution in [0.2, 0.25) is 10.0 Å². The van der Waals surface area contributed by atoms with Crippen LogP contribution in [0, 0.1) is 6.92 Å². The molecular formula is C21H18Cl2N2O4. The van der Waals surface area contributed by atoms with Crippen LogP contribution < -0.4 is 10.1 Å². The number of aryl methyl sites for hydroxylation is 1. The molecule has 150 valence electrons. The lowest BCUT2D eigenvalue weighted by molar-refractivity contribution is -0.155. The van der Waals surface area contributed by atoms with Gasteiger partial charge in [-0.25, -0.2) is 9.78 Å². The molecule has 29 heavy (non-hydrogen) atoms. The molecule has 1 N–H and O–H groups in total. The van der Waals surface area contributed by atoms with Crippen LogP contribution in [0.3, 0.4) is 0 Å². The molecule has 8 heteroatoms. The number of aromatic nitrogens is 1. The van der Waals surface area contributed by atoms with Crippen LogP contribution in [-0.2, 0) is 14.3 Å². The first-order valence-corrected chi connectivity index (χ1v) is 9.54. The van der Waals surface area contributed by atoms with Gasteiger partial charge < -0.3 is 14.8 Å². The van der Waals surface area contributed by atoms with Crippen LogP contribution in [0.4, 0.5) is 5.69 Å². The van der Waals surface area contributed by atoms with Crippen LogP contribution in [0.25, 0.3) is 10.9 Å². The molecule has 2 aromatic carbocycles. The second kappa shape index (κ2) is 9.11. The predicted octanol–water partition coefficient (Wildman–Crippen LogP) is 4.80. The van der Waals surface area contributed by atoms with Crippen molar-refractivity contribution in [2.45, 2.75) is 20.0 Å². The van der Waals surface area contributed by atoms with Gasteiger partial charge in [-0.2, -0.15) is 0 Å². The minimum atomic E-state index is -0.996. The van der Waals surface area contributed by atoms with E-state index in [4.69, 9.17) is 32.7 Å². The van der Waals surface area contributed by atoms with Gasteiger partial charge in [0.05, 0.1) is 10.0 Å². The smallest absolute Gasteiger partial charge is 0.344 e. The highest BCUT2D eigenvalue weighted by atomic mass is 35.5. The van der Waals surface area contributed by atoms with E-state index in [2.05, 4.69) is 10.3 Å². The summed E-state index contributed by atoms with van der Waals surface area (Å²) in [5.74, 6) is -0.933. The lowest BCUT2D eigenvalue weighted by Gasteiger charge is -2.15. The van der Waals surface area contributed by atoms with E-state index in [0.29, 0.717) is 21.6 Å². The molecule has 0 aliphatic rings. The predicted molar refractivity (Wildman–Crippen MR) is 113 cm³/mol. The lowest BCUT2D eigenvalue weighted by atomic mass is 10.2. The maximum Gasteiger partial charge on any atom is 0.344 e. The Morgan fingerprint density at radius 3 is 2.55 bits per heavy atom. The lowest BCUT2D eigenvalue weighted by Crippen LogP contribution is -2.31. The molecule has 1 aromatic heterocycles. The molecule has 0 aliphatic heterocycles. The number of nitrogens with one attached hydrogen (secondary N) is 1. The van der Waals surface area contributed by atoms with E-state index < -0.39 is 24.6 Å². The summed E-state index contributed by atoms with van der Waals surface area (Å²) in [6, 6.07) is 14.0. The number of anilines is 1. The maximum atomic E-state index is 12.2. The summed E-state index contributed by atoms with van der Waals surface area (Å²) in [6.07, 6.45) is -0.996. The SMILES string of the molecule is Cc1ccc2c(Cl)cc(Cl)c(OCC(=O)OC(C)C(=O)Nc3ccccc3)c2n1. The summed E-state index contributed by atoms with van der Waals surface area (Å²) in [5, 5.41) is 3.97. The number of esters is 1. The van der Waals surface area contributed by atoms with E-state index >= 15 is 0 Å². The first-order valence-electron chi connectivity index (χ1n) is 8.78.